The molecule has 0 bridgehead atoms. The van der Waals surface area contributed by atoms with Gasteiger partial charge in [0.25, 0.3) is 5.89 Å². The fourth-order valence-corrected chi connectivity index (χ4v) is 1.87. The number of phenols is 1. The van der Waals surface area contributed by atoms with E-state index < -0.39 is 0 Å². The van der Waals surface area contributed by atoms with Crippen LogP contribution in [0.2, 0.25) is 0 Å². The van der Waals surface area contributed by atoms with Crippen LogP contribution in [0.5, 0.6) is 5.75 Å². The van der Waals surface area contributed by atoms with Gasteiger partial charge in [-0.25, -0.2) is 4.63 Å². The molecule has 0 aliphatic heterocycles. The minimum atomic E-state index is 0.0817. The molecule has 0 atom stereocenters. The van der Waals surface area contributed by atoms with E-state index in [0.29, 0.717) is 5.82 Å². The zero-order valence-electron chi connectivity index (χ0n) is 10.8. The van der Waals surface area contributed by atoms with E-state index in [4.69, 9.17) is 10.3 Å². The quantitative estimate of drug-likeness (QED) is 0.722. The van der Waals surface area contributed by atoms with Crippen molar-refractivity contribution in [1.82, 2.24) is 20.5 Å². The summed E-state index contributed by atoms with van der Waals surface area (Å²) >= 11 is 0. The van der Waals surface area contributed by atoms with Gasteiger partial charge in [0.15, 0.2) is 0 Å². The van der Waals surface area contributed by atoms with Crippen molar-refractivity contribution in [3.8, 4) is 28.7 Å². The van der Waals surface area contributed by atoms with E-state index in [1.54, 1.807) is 26.0 Å². The summed E-state index contributed by atoms with van der Waals surface area (Å²) in [6.45, 7) is 3.60. The van der Waals surface area contributed by atoms with Crippen LogP contribution in [-0.2, 0) is 0 Å². The van der Waals surface area contributed by atoms with Gasteiger partial charge in [0, 0.05) is 5.56 Å². The molecule has 0 unspecified atom stereocenters. The Hall–Kier alpha value is -2.90. The van der Waals surface area contributed by atoms with Gasteiger partial charge in [0.2, 0.25) is 17.3 Å². The summed E-state index contributed by atoms with van der Waals surface area (Å²) in [5.41, 5.74) is 7.95. The molecule has 0 aliphatic rings. The van der Waals surface area contributed by atoms with E-state index in [-0.39, 0.29) is 23.2 Å². The van der Waals surface area contributed by atoms with Crippen LogP contribution in [0, 0.1) is 13.8 Å². The van der Waals surface area contributed by atoms with E-state index >= 15 is 0 Å². The number of nitrogens with zero attached hydrogens (tertiary/aromatic N) is 4. The maximum Gasteiger partial charge on any atom is 0.284 e. The van der Waals surface area contributed by atoms with Crippen LogP contribution in [0.3, 0.4) is 0 Å². The molecule has 8 nitrogen and oxygen atoms in total. The van der Waals surface area contributed by atoms with Crippen LogP contribution in [-0.4, -0.2) is 25.6 Å². The van der Waals surface area contributed by atoms with E-state index in [9.17, 15) is 5.11 Å². The van der Waals surface area contributed by atoms with Crippen molar-refractivity contribution in [3.63, 3.8) is 0 Å². The molecule has 0 saturated heterocycles. The molecule has 0 radical (unpaired) electrons. The molecule has 0 spiro atoms. The molecule has 3 N–H and O–H groups in total. The molecule has 0 fully saturated rings. The summed E-state index contributed by atoms with van der Waals surface area (Å²) in [6.07, 6.45) is 0. The summed E-state index contributed by atoms with van der Waals surface area (Å²) in [5, 5.41) is 20.7. The second-order valence-corrected chi connectivity index (χ2v) is 4.38. The number of hydrogen-bond donors (Lipinski definition) is 2. The van der Waals surface area contributed by atoms with Gasteiger partial charge in [0.1, 0.15) is 5.75 Å². The van der Waals surface area contributed by atoms with Gasteiger partial charge in [-0.2, -0.15) is 4.98 Å². The first kappa shape index (κ1) is 12.2. The zero-order chi connectivity index (χ0) is 14.3. The van der Waals surface area contributed by atoms with Gasteiger partial charge < -0.3 is 15.4 Å². The summed E-state index contributed by atoms with van der Waals surface area (Å²) in [6, 6.07) is 3.53. The van der Waals surface area contributed by atoms with Crippen molar-refractivity contribution in [2.45, 2.75) is 13.8 Å². The fraction of sp³-hybridized carbons (Fsp3) is 0.167. The monoisotopic (exact) mass is 273 g/mol. The molecule has 0 saturated carbocycles. The highest BCUT2D eigenvalue weighted by atomic mass is 16.6. The molecule has 2 aromatic heterocycles. The lowest BCUT2D eigenvalue weighted by Gasteiger charge is -2.04. The number of nitrogen functional groups attached to an aromatic ring is 1. The van der Waals surface area contributed by atoms with E-state index in [0.717, 1.165) is 16.7 Å². The molecule has 3 aromatic rings. The number of aryl methyl sites for hydroxylation is 2. The first-order valence-corrected chi connectivity index (χ1v) is 5.79. The van der Waals surface area contributed by atoms with Crippen LogP contribution in [0.4, 0.5) is 5.82 Å². The van der Waals surface area contributed by atoms with Crippen molar-refractivity contribution in [1.29, 1.82) is 0 Å². The minimum Gasteiger partial charge on any atom is -0.507 e. The molecule has 2 heterocycles. The van der Waals surface area contributed by atoms with Crippen LogP contribution < -0.4 is 5.73 Å². The van der Waals surface area contributed by atoms with Crippen molar-refractivity contribution >= 4 is 5.82 Å². The van der Waals surface area contributed by atoms with E-state index in [2.05, 4.69) is 25.1 Å². The second-order valence-electron chi connectivity index (χ2n) is 4.38. The Morgan fingerprint density at radius 2 is 1.80 bits per heavy atom. The third-order valence-corrected chi connectivity index (χ3v) is 2.89. The number of anilines is 1. The van der Waals surface area contributed by atoms with Gasteiger partial charge in [-0.3, -0.25) is 0 Å². The summed E-state index contributed by atoms with van der Waals surface area (Å²) in [7, 11) is 0. The number of rotatable bonds is 2. The third-order valence-electron chi connectivity index (χ3n) is 2.89. The van der Waals surface area contributed by atoms with Crippen molar-refractivity contribution < 1.29 is 14.3 Å². The highest BCUT2D eigenvalue weighted by molar-refractivity contribution is 5.65. The highest BCUT2D eigenvalue weighted by Crippen LogP contribution is 2.29. The molecule has 102 valence electrons. The molecule has 0 amide bonds. The maximum absolute atomic E-state index is 9.76. The number of aromatic hydroxyl groups is 1. The molecule has 3 rings (SSSR count). The van der Waals surface area contributed by atoms with Crippen molar-refractivity contribution in [2.24, 2.45) is 0 Å². The number of benzene rings is 1. The van der Waals surface area contributed by atoms with E-state index in [1.165, 1.54) is 0 Å². The lowest BCUT2D eigenvalue weighted by Crippen LogP contribution is -1.89. The summed E-state index contributed by atoms with van der Waals surface area (Å²) in [4.78, 5) is 4.19. The Balaban J connectivity index is 2.05. The highest BCUT2D eigenvalue weighted by Gasteiger charge is 2.18. The molecule has 8 heteroatoms. The van der Waals surface area contributed by atoms with Crippen molar-refractivity contribution in [3.05, 3.63) is 23.3 Å². The Morgan fingerprint density at radius 3 is 2.40 bits per heavy atom. The Morgan fingerprint density at radius 1 is 1.10 bits per heavy atom. The molecular weight excluding hydrogens is 262 g/mol. The standard InChI is InChI=1S/C12H11N5O3/c1-5-3-7(4-6(2)9(5)18)11-14-12(19-17-11)8-10(13)16-20-15-8/h3-4,18H,1-2H3,(H2,13,16). The average molecular weight is 273 g/mol. The van der Waals surface area contributed by atoms with Gasteiger partial charge in [0.05, 0.1) is 0 Å². The number of aromatic nitrogens is 4. The minimum absolute atomic E-state index is 0.0817. The lowest BCUT2D eigenvalue weighted by atomic mass is 10.1. The van der Waals surface area contributed by atoms with Crippen LogP contribution in [0.25, 0.3) is 23.0 Å². The van der Waals surface area contributed by atoms with Gasteiger partial charge in [-0.05, 0) is 47.4 Å². The van der Waals surface area contributed by atoms with Gasteiger partial charge in [-0.1, -0.05) is 5.16 Å². The second kappa shape index (κ2) is 4.34. The van der Waals surface area contributed by atoms with Crippen LogP contribution in [0.15, 0.2) is 21.3 Å². The normalized spacial score (nSPS) is 10.9. The Labute approximate surface area is 113 Å². The first-order valence-electron chi connectivity index (χ1n) is 5.79. The smallest absolute Gasteiger partial charge is 0.284 e. The molecule has 1 aromatic carbocycles. The fourth-order valence-electron chi connectivity index (χ4n) is 1.87. The predicted molar refractivity (Wildman–Crippen MR) is 68.6 cm³/mol. The van der Waals surface area contributed by atoms with Crippen LogP contribution in [0.1, 0.15) is 11.1 Å². The maximum atomic E-state index is 9.76. The predicted octanol–water partition coefficient (Wildman–Crippen LogP) is 1.69. The first-order chi connectivity index (χ1) is 9.56. The molecule has 20 heavy (non-hydrogen) atoms. The number of nitrogens with two attached hydrogens (primary N) is 1. The lowest BCUT2D eigenvalue weighted by molar-refractivity contribution is 0.308. The van der Waals surface area contributed by atoms with E-state index in [1.807, 2.05) is 0 Å². The molecular formula is C12H11N5O3. The van der Waals surface area contributed by atoms with Gasteiger partial charge in [-0.15, -0.1) is 0 Å². The number of phenolic OH excluding ortho intramolecular Hbond substituents is 1. The summed E-state index contributed by atoms with van der Waals surface area (Å²) in [5.74, 6) is 0.830. The Kier molecular flexibility index (Phi) is 2.63. The van der Waals surface area contributed by atoms with Crippen molar-refractivity contribution in [2.75, 3.05) is 5.73 Å². The molecule has 0 aliphatic carbocycles. The largest absolute Gasteiger partial charge is 0.507 e. The Bertz CT molecular complexity index is 754. The van der Waals surface area contributed by atoms with Gasteiger partial charge >= 0.3 is 0 Å². The summed E-state index contributed by atoms with van der Waals surface area (Å²) < 4.78 is 9.57. The SMILES string of the molecule is Cc1cc(-c2noc(-c3nonc3N)n2)cc(C)c1O. The topological polar surface area (TPSA) is 124 Å². The zero-order valence-corrected chi connectivity index (χ0v) is 10.8. The van der Waals surface area contributed by atoms with Crippen LogP contribution >= 0.6 is 0 Å². The third kappa shape index (κ3) is 1.87. The number of hydrogen-bond acceptors (Lipinski definition) is 8. The average Bonchev–Trinajstić information content (AvgIpc) is 3.03.